The van der Waals surface area contributed by atoms with Gasteiger partial charge in [-0.15, -0.1) is 0 Å². The molecule has 0 aromatic carbocycles. The van der Waals surface area contributed by atoms with Crippen molar-refractivity contribution in [3.05, 3.63) is 37.4 Å². The molecule has 0 aliphatic carbocycles. The van der Waals surface area contributed by atoms with Crippen LogP contribution in [0, 0.1) is 0 Å². The molecule has 0 radical (unpaired) electrons. The Hall–Kier alpha value is -1.79. The fourth-order valence-electron chi connectivity index (χ4n) is 1.95. The first-order chi connectivity index (χ1) is 14.1. The zero-order valence-corrected chi connectivity index (χ0v) is 19.2. The topological polar surface area (TPSA) is 17.6 Å². The van der Waals surface area contributed by atoms with E-state index < -0.39 is 15.1 Å². The van der Waals surface area contributed by atoms with E-state index in [1.54, 1.807) is 0 Å². The van der Waals surface area contributed by atoms with Crippen LogP contribution < -0.4 is 9.13 Å². The summed E-state index contributed by atoms with van der Waals surface area (Å²) in [7, 11) is -12.6. The third kappa shape index (κ3) is 35.6. The maximum atomic E-state index is 9.87. The van der Waals surface area contributed by atoms with Crippen LogP contribution in [-0.2, 0) is 27.2 Å². The molecule has 0 unspecified atom stereocenters. The Labute approximate surface area is 180 Å². The normalized spacial score (nSPS) is 13.3. The Bertz CT molecular complexity index is 695. The third-order valence-electron chi connectivity index (χ3n) is 3.19. The fourth-order valence-corrected chi connectivity index (χ4v) is 1.95. The molecule has 2 aromatic rings. The van der Waals surface area contributed by atoms with Crippen LogP contribution >= 0.6 is 7.81 Å². The van der Waals surface area contributed by atoms with Crippen molar-refractivity contribution >= 4 is 15.1 Å². The zero-order valence-electron chi connectivity index (χ0n) is 18.3. The number of hydrogen-bond acceptors (Lipinski definition) is 0. The van der Waals surface area contributed by atoms with Gasteiger partial charge in [-0.1, -0.05) is 26.7 Å². The zero-order chi connectivity index (χ0) is 25.7. The number of aryl methyl sites for hydroxylation is 4. The summed E-state index contributed by atoms with van der Waals surface area (Å²) in [5.74, 6) is 0. The Morgan fingerprint density at radius 1 is 0.688 bits per heavy atom. The van der Waals surface area contributed by atoms with Gasteiger partial charge in [-0.3, -0.25) is 0 Å². The molecule has 0 N–H and O–H groups in total. The molecule has 0 saturated heterocycles. The van der Waals surface area contributed by atoms with Crippen LogP contribution in [0.15, 0.2) is 37.4 Å². The van der Waals surface area contributed by atoms with Crippen molar-refractivity contribution in [3.8, 4) is 0 Å². The fraction of sp³-hybridized carbons (Fsp3) is 0.625. The number of imidazole rings is 2. The van der Waals surface area contributed by atoms with E-state index in [1.807, 2.05) is 14.1 Å². The van der Waals surface area contributed by atoms with Gasteiger partial charge in [-0.2, -0.15) is 0 Å². The molecule has 0 aliphatic rings. The van der Waals surface area contributed by atoms with Gasteiger partial charge in [0.1, 0.15) is 24.8 Å². The molecule has 16 heteroatoms. The predicted octanol–water partition coefficient (Wildman–Crippen LogP) is 6.91. The van der Waals surface area contributed by atoms with Gasteiger partial charge in [0.15, 0.2) is 0 Å². The van der Waals surface area contributed by atoms with Gasteiger partial charge in [0.25, 0.3) is 0 Å². The van der Waals surface area contributed by atoms with Crippen molar-refractivity contribution in [2.75, 3.05) is 0 Å². The molecule has 0 saturated carbocycles. The van der Waals surface area contributed by atoms with Gasteiger partial charge < -0.3 is 17.3 Å². The molecule has 0 aliphatic heterocycles. The number of nitrogens with zero attached hydrogens (tertiary/aromatic N) is 4. The molecule has 0 amide bonds. The average Bonchev–Trinajstić information content (AvgIpc) is 3.15. The van der Waals surface area contributed by atoms with E-state index in [-0.39, 0.29) is 0 Å². The van der Waals surface area contributed by atoms with Crippen molar-refractivity contribution < 1.29 is 51.6 Å². The summed E-state index contributed by atoms with van der Waals surface area (Å²) < 4.78 is 107. The van der Waals surface area contributed by atoms with E-state index in [2.05, 4.69) is 69.6 Å². The van der Waals surface area contributed by atoms with Crippen LogP contribution in [0.3, 0.4) is 0 Å². The Kier molecular flexibility index (Phi) is 12.6. The monoisotopic (exact) mass is 510 g/mol. The average molecular weight is 510 g/mol. The molecule has 2 aromatic heterocycles. The van der Waals surface area contributed by atoms with E-state index in [0.29, 0.717) is 0 Å². The first-order valence-electron chi connectivity index (χ1n) is 9.56. The summed E-state index contributed by atoms with van der Waals surface area (Å²) in [6, 6.07) is 0. The second-order valence-electron chi connectivity index (χ2n) is 6.79. The molecule has 0 bridgehead atoms. The van der Waals surface area contributed by atoms with Gasteiger partial charge in [-0.05, 0) is 12.8 Å². The third-order valence-corrected chi connectivity index (χ3v) is 3.19. The molecule has 192 valence electrons. The number of halogens is 10. The van der Waals surface area contributed by atoms with E-state index in [0.717, 1.165) is 13.1 Å². The summed E-state index contributed by atoms with van der Waals surface area (Å²) in [4.78, 5) is 0. The second kappa shape index (κ2) is 12.5. The minimum absolute atomic E-state index is 1.15. The first-order valence-corrected chi connectivity index (χ1v) is 11.6. The van der Waals surface area contributed by atoms with Crippen molar-refractivity contribution in [1.82, 2.24) is 9.13 Å². The minimum atomic E-state index is -10.7. The van der Waals surface area contributed by atoms with Gasteiger partial charge >= 0.3 is 40.2 Å². The standard InChI is InChI=1S/2C8H15N2.BF4.F6P/c2*1-3-4-5-10-7-6-9(2)8-10;2-1(3,4)5;1-7(2,3,4,5)6/h2*6-8H,3-5H2,1-2H3;;/q2*+1;2*-1. The quantitative estimate of drug-likeness (QED) is 0.174. The summed E-state index contributed by atoms with van der Waals surface area (Å²) in [6.45, 7) is 6.72. The summed E-state index contributed by atoms with van der Waals surface area (Å²) in [5.41, 5.74) is 0. The Morgan fingerprint density at radius 2 is 0.938 bits per heavy atom. The maximum absolute atomic E-state index is 10.7. The molecule has 0 spiro atoms. The summed E-state index contributed by atoms with van der Waals surface area (Å²) in [5, 5.41) is 0. The number of aromatic nitrogens is 4. The molecular weight excluding hydrogens is 480 g/mol. The van der Waals surface area contributed by atoms with E-state index in [4.69, 9.17) is 0 Å². The van der Waals surface area contributed by atoms with Crippen LogP contribution in [0.2, 0.25) is 0 Å². The van der Waals surface area contributed by atoms with Crippen LogP contribution in [0.25, 0.3) is 0 Å². The predicted molar refractivity (Wildman–Crippen MR) is 105 cm³/mol. The van der Waals surface area contributed by atoms with Gasteiger partial charge in [0.2, 0.25) is 12.7 Å². The number of hydrogen-bond donors (Lipinski definition) is 0. The van der Waals surface area contributed by atoms with Gasteiger partial charge in [0.05, 0.1) is 27.2 Å². The second-order valence-corrected chi connectivity index (χ2v) is 8.71. The first kappa shape index (κ1) is 32.4. The molecule has 0 fully saturated rings. The molecule has 2 heterocycles. The molecule has 32 heavy (non-hydrogen) atoms. The van der Waals surface area contributed by atoms with Crippen LogP contribution in [0.1, 0.15) is 39.5 Å². The summed E-state index contributed by atoms with van der Waals surface area (Å²) in [6.07, 6.45) is 17.6. The molecular formula is C16H30BF10N4P. The van der Waals surface area contributed by atoms with Crippen LogP contribution in [0.4, 0.5) is 42.4 Å². The van der Waals surface area contributed by atoms with Gasteiger partial charge in [-0.25, -0.2) is 18.3 Å². The SMILES string of the molecule is CCCCn1cc[n+](C)c1.CCCCn1cc[n+](C)c1.F[B-](F)(F)F.F[P-](F)(F)(F)(F)F. The van der Waals surface area contributed by atoms with Crippen LogP contribution in [-0.4, -0.2) is 16.4 Å². The van der Waals surface area contributed by atoms with Crippen LogP contribution in [0.5, 0.6) is 0 Å². The molecule has 4 nitrogen and oxygen atoms in total. The van der Waals surface area contributed by atoms with E-state index in [9.17, 15) is 42.4 Å². The molecule has 2 rings (SSSR count). The molecule has 0 atom stereocenters. The van der Waals surface area contributed by atoms with Crippen molar-refractivity contribution in [3.63, 3.8) is 0 Å². The van der Waals surface area contributed by atoms with E-state index >= 15 is 0 Å². The van der Waals surface area contributed by atoms with Crippen molar-refractivity contribution in [1.29, 1.82) is 0 Å². The van der Waals surface area contributed by atoms with Gasteiger partial charge in [0, 0.05) is 0 Å². The Balaban J connectivity index is 0. The summed E-state index contributed by atoms with van der Waals surface area (Å²) >= 11 is 0. The van der Waals surface area contributed by atoms with Crippen molar-refractivity contribution in [2.24, 2.45) is 14.1 Å². The van der Waals surface area contributed by atoms with Crippen molar-refractivity contribution in [2.45, 2.75) is 52.6 Å². The number of unbranched alkanes of at least 4 members (excludes halogenated alkanes) is 2. The van der Waals surface area contributed by atoms with E-state index in [1.165, 1.54) is 25.7 Å². The number of rotatable bonds is 6. The Morgan fingerprint density at radius 3 is 1.09 bits per heavy atom.